The number of halogens is 1. The molecule has 1 fully saturated rings. The number of amides is 1. The summed E-state index contributed by atoms with van der Waals surface area (Å²) in [6.07, 6.45) is 0.755. The number of benzene rings is 3. The molecule has 0 aliphatic carbocycles. The minimum Gasteiger partial charge on any atom is -0.497 e. The van der Waals surface area contributed by atoms with E-state index in [1.165, 1.54) is 4.90 Å². The third kappa shape index (κ3) is 5.64. The maximum atomic E-state index is 13.5. The molecular weight excluding hydrogens is 498 g/mol. The number of thiazole rings is 1. The van der Waals surface area contributed by atoms with Gasteiger partial charge in [0.1, 0.15) is 5.75 Å². The van der Waals surface area contributed by atoms with Gasteiger partial charge in [0.05, 0.1) is 28.4 Å². The Morgan fingerprint density at radius 3 is 2.77 bits per heavy atom. The normalized spacial score (nSPS) is 18.1. The van der Waals surface area contributed by atoms with Crippen LogP contribution in [0.3, 0.4) is 0 Å². The summed E-state index contributed by atoms with van der Waals surface area (Å²) in [7, 11) is 1.67. The maximum absolute atomic E-state index is 13.5. The zero-order chi connectivity index (χ0) is 24.4. The van der Waals surface area contributed by atoms with Crippen LogP contribution >= 0.6 is 34.7 Å². The van der Waals surface area contributed by atoms with E-state index in [4.69, 9.17) is 16.3 Å². The summed E-state index contributed by atoms with van der Waals surface area (Å²) >= 11 is 9.92. The van der Waals surface area contributed by atoms with Gasteiger partial charge < -0.3 is 10.1 Å². The Hall–Kier alpha value is -2.58. The number of thioether (sulfide) groups is 1. The molecule has 180 valence electrons. The van der Waals surface area contributed by atoms with E-state index in [1.807, 2.05) is 61.5 Å². The van der Waals surface area contributed by atoms with Gasteiger partial charge in [0.2, 0.25) is 5.91 Å². The molecule has 2 heterocycles. The minimum absolute atomic E-state index is 0.00110. The van der Waals surface area contributed by atoms with E-state index in [2.05, 4.69) is 27.3 Å². The van der Waals surface area contributed by atoms with Gasteiger partial charge >= 0.3 is 0 Å². The number of nitrogens with zero attached hydrogens (tertiary/aromatic N) is 2. The van der Waals surface area contributed by atoms with Crippen molar-refractivity contribution in [3.8, 4) is 5.75 Å². The molecule has 1 N–H and O–H groups in total. The van der Waals surface area contributed by atoms with Crippen LogP contribution < -0.4 is 10.1 Å². The summed E-state index contributed by atoms with van der Waals surface area (Å²) in [6.45, 7) is 3.42. The number of hydrogen-bond acceptors (Lipinski definition) is 6. The summed E-state index contributed by atoms with van der Waals surface area (Å²) in [5, 5.41) is 5.16. The van der Waals surface area contributed by atoms with Crippen molar-refractivity contribution >= 4 is 56.5 Å². The predicted octanol–water partition coefficient (Wildman–Crippen LogP) is 6.64. The molecule has 8 heteroatoms. The van der Waals surface area contributed by atoms with E-state index in [-0.39, 0.29) is 17.2 Å². The first-order valence-electron chi connectivity index (χ1n) is 11.4. The lowest BCUT2D eigenvalue weighted by Gasteiger charge is -2.24. The fourth-order valence-corrected chi connectivity index (χ4v) is 6.66. The number of aryl methyl sites for hydroxylation is 1. The third-order valence-corrected chi connectivity index (χ3v) is 8.66. The SMILES string of the molecule is COc1ccc(S[C@@H]2C[C@@H](C(=O)Nc3ccc4sc(C)nc4c3)N(Cc3ccccc3Cl)C2)cc1. The molecule has 2 atom stereocenters. The zero-order valence-electron chi connectivity index (χ0n) is 19.5. The van der Waals surface area contributed by atoms with Crippen molar-refractivity contribution in [2.75, 3.05) is 19.0 Å². The highest BCUT2D eigenvalue weighted by Gasteiger charge is 2.37. The highest BCUT2D eigenvalue weighted by Crippen LogP contribution is 2.35. The van der Waals surface area contributed by atoms with Crippen LogP contribution in [-0.2, 0) is 11.3 Å². The summed E-state index contributed by atoms with van der Waals surface area (Å²) < 4.78 is 6.40. The van der Waals surface area contributed by atoms with Crippen LogP contribution in [-0.4, -0.2) is 40.7 Å². The lowest BCUT2D eigenvalue weighted by Crippen LogP contribution is -2.39. The molecule has 35 heavy (non-hydrogen) atoms. The molecule has 1 aliphatic heterocycles. The summed E-state index contributed by atoms with van der Waals surface area (Å²) in [6, 6.07) is 21.6. The molecule has 1 aliphatic rings. The van der Waals surface area contributed by atoms with Gasteiger partial charge in [-0.1, -0.05) is 29.8 Å². The van der Waals surface area contributed by atoms with E-state index in [0.29, 0.717) is 6.54 Å². The maximum Gasteiger partial charge on any atom is 0.241 e. The number of likely N-dealkylation sites (tertiary alicyclic amines) is 1. The van der Waals surface area contributed by atoms with Crippen molar-refractivity contribution in [2.24, 2.45) is 0 Å². The topological polar surface area (TPSA) is 54.5 Å². The van der Waals surface area contributed by atoms with Crippen LogP contribution in [0.15, 0.2) is 71.6 Å². The number of fused-ring (bicyclic) bond motifs is 1. The van der Waals surface area contributed by atoms with Gasteiger partial charge in [-0.25, -0.2) is 4.98 Å². The van der Waals surface area contributed by atoms with Gasteiger partial charge in [-0.05, 0) is 67.4 Å². The monoisotopic (exact) mass is 523 g/mol. The van der Waals surface area contributed by atoms with Gasteiger partial charge in [-0.3, -0.25) is 9.69 Å². The average Bonchev–Trinajstić information content (AvgIpc) is 3.42. The highest BCUT2D eigenvalue weighted by atomic mass is 35.5. The second-order valence-electron chi connectivity index (χ2n) is 8.59. The van der Waals surface area contributed by atoms with Crippen LogP contribution in [0.5, 0.6) is 5.75 Å². The Kier molecular flexibility index (Phi) is 7.29. The summed E-state index contributed by atoms with van der Waals surface area (Å²) in [4.78, 5) is 21.5. The first kappa shape index (κ1) is 24.1. The second-order valence-corrected chi connectivity index (χ2v) is 11.6. The zero-order valence-corrected chi connectivity index (χ0v) is 21.9. The van der Waals surface area contributed by atoms with Crippen molar-refractivity contribution in [3.05, 3.63) is 82.3 Å². The quantitative estimate of drug-likeness (QED) is 0.294. The highest BCUT2D eigenvalue weighted by molar-refractivity contribution is 8.00. The third-order valence-electron chi connectivity index (χ3n) is 6.12. The van der Waals surface area contributed by atoms with Crippen LogP contribution in [0.2, 0.25) is 5.02 Å². The Morgan fingerprint density at radius 1 is 1.20 bits per heavy atom. The first-order valence-corrected chi connectivity index (χ1v) is 13.5. The number of carbonyl (C=O) groups is 1. The number of anilines is 1. The Morgan fingerprint density at radius 2 is 2.00 bits per heavy atom. The van der Waals surface area contributed by atoms with Crippen LogP contribution in [0.4, 0.5) is 5.69 Å². The Bertz CT molecular complexity index is 1340. The van der Waals surface area contributed by atoms with Crippen LogP contribution in [0, 0.1) is 6.92 Å². The molecule has 1 aromatic heterocycles. The Labute approximate surface area is 218 Å². The number of hydrogen-bond donors (Lipinski definition) is 1. The van der Waals surface area contributed by atoms with Crippen molar-refractivity contribution in [1.29, 1.82) is 0 Å². The van der Waals surface area contributed by atoms with E-state index < -0.39 is 0 Å². The molecule has 0 radical (unpaired) electrons. The van der Waals surface area contributed by atoms with Gasteiger partial charge in [0.25, 0.3) is 0 Å². The van der Waals surface area contributed by atoms with Crippen molar-refractivity contribution < 1.29 is 9.53 Å². The molecule has 5 nitrogen and oxygen atoms in total. The predicted molar refractivity (Wildman–Crippen MR) is 146 cm³/mol. The molecule has 5 rings (SSSR count). The molecule has 0 spiro atoms. The average molecular weight is 524 g/mol. The molecule has 4 aromatic rings. The molecule has 3 aromatic carbocycles. The lowest BCUT2D eigenvalue weighted by molar-refractivity contribution is -0.120. The molecule has 1 amide bonds. The first-order chi connectivity index (χ1) is 17.0. The molecule has 0 saturated carbocycles. The minimum atomic E-state index is -0.255. The van der Waals surface area contributed by atoms with Crippen molar-refractivity contribution in [2.45, 2.75) is 36.1 Å². The van der Waals surface area contributed by atoms with Gasteiger partial charge in [-0.2, -0.15) is 0 Å². The molecule has 1 saturated heterocycles. The molecule has 0 unspecified atom stereocenters. The Balaban J connectivity index is 1.34. The van der Waals surface area contributed by atoms with Crippen molar-refractivity contribution in [3.63, 3.8) is 0 Å². The smallest absolute Gasteiger partial charge is 0.241 e. The number of rotatable bonds is 7. The summed E-state index contributed by atoms with van der Waals surface area (Å²) in [5.41, 5.74) is 2.72. The number of nitrogens with one attached hydrogen (secondary N) is 1. The fourth-order valence-electron chi connectivity index (χ4n) is 4.43. The summed E-state index contributed by atoms with van der Waals surface area (Å²) in [5.74, 6) is 0.840. The lowest BCUT2D eigenvalue weighted by atomic mass is 10.1. The van der Waals surface area contributed by atoms with E-state index in [9.17, 15) is 4.79 Å². The van der Waals surface area contributed by atoms with Gasteiger partial charge in [0.15, 0.2) is 0 Å². The van der Waals surface area contributed by atoms with E-state index in [0.717, 1.165) is 50.2 Å². The number of carbonyl (C=O) groups excluding carboxylic acids is 1. The molecular formula is C27H26ClN3O2S2. The van der Waals surface area contributed by atoms with Crippen molar-refractivity contribution in [1.82, 2.24) is 9.88 Å². The van der Waals surface area contributed by atoms with Gasteiger partial charge in [-0.15, -0.1) is 23.1 Å². The fraction of sp³-hybridized carbons (Fsp3) is 0.259. The molecule has 0 bridgehead atoms. The largest absolute Gasteiger partial charge is 0.497 e. The number of aromatic nitrogens is 1. The van der Waals surface area contributed by atoms with E-state index >= 15 is 0 Å². The van der Waals surface area contributed by atoms with Crippen LogP contribution in [0.1, 0.15) is 17.0 Å². The number of ether oxygens (including phenoxy) is 1. The van der Waals surface area contributed by atoms with Crippen LogP contribution in [0.25, 0.3) is 10.2 Å². The second kappa shape index (κ2) is 10.6. The van der Waals surface area contributed by atoms with Gasteiger partial charge in [0, 0.05) is 33.9 Å². The number of methoxy groups -OCH3 is 1. The van der Waals surface area contributed by atoms with E-state index in [1.54, 1.807) is 30.2 Å². The standard InChI is InChI=1S/C27H26ClN3O2S2/c1-17-29-24-13-19(7-12-26(24)34-17)30-27(32)25-14-22(35-21-10-8-20(33-2)9-11-21)16-31(25)15-18-5-3-4-6-23(18)28/h3-13,22,25H,14-16H2,1-2H3,(H,30,32)/t22-,25+/m1/s1.